The molecule has 0 N–H and O–H groups in total. The highest BCUT2D eigenvalue weighted by molar-refractivity contribution is 6.21. The van der Waals surface area contributed by atoms with Gasteiger partial charge in [-0.25, -0.2) is 0 Å². The quantitative estimate of drug-likeness (QED) is 0.759. The summed E-state index contributed by atoms with van der Waals surface area (Å²) in [6.07, 6.45) is 1.47. The number of amides is 3. The van der Waals surface area contributed by atoms with E-state index in [4.69, 9.17) is 0 Å². The number of nitrogens with zero attached hydrogens (tertiary/aromatic N) is 4. The van der Waals surface area contributed by atoms with Gasteiger partial charge in [-0.15, -0.1) is 0 Å². The van der Waals surface area contributed by atoms with Crippen molar-refractivity contribution in [2.75, 3.05) is 37.6 Å². The summed E-state index contributed by atoms with van der Waals surface area (Å²) in [5.74, 6) is -1.16. The second kappa shape index (κ2) is 7.07. The van der Waals surface area contributed by atoms with E-state index in [-0.39, 0.29) is 23.7 Å². The maximum atomic E-state index is 12.7. The Morgan fingerprint density at radius 1 is 1.00 bits per heavy atom. The molecule has 1 aromatic heterocycles. The molecule has 144 valence electrons. The predicted molar refractivity (Wildman–Crippen MR) is 104 cm³/mol. The Kier molecular flexibility index (Phi) is 4.58. The summed E-state index contributed by atoms with van der Waals surface area (Å²) in [6.45, 7) is 6.53. The van der Waals surface area contributed by atoms with Crippen LogP contribution in [0.3, 0.4) is 0 Å². The third-order valence-corrected chi connectivity index (χ3v) is 5.57. The zero-order valence-corrected chi connectivity index (χ0v) is 16.0. The molecular formula is C21H22N4O3. The first-order valence-electron chi connectivity index (χ1n) is 9.37. The van der Waals surface area contributed by atoms with Crippen LogP contribution in [0.15, 0.2) is 36.5 Å². The predicted octanol–water partition coefficient (Wildman–Crippen LogP) is 1.64. The van der Waals surface area contributed by atoms with Crippen LogP contribution in [0, 0.1) is 13.8 Å². The van der Waals surface area contributed by atoms with Crippen molar-refractivity contribution in [1.29, 1.82) is 0 Å². The summed E-state index contributed by atoms with van der Waals surface area (Å²) >= 11 is 0. The number of aromatic nitrogens is 1. The van der Waals surface area contributed by atoms with Crippen LogP contribution < -0.4 is 4.90 Å². The number of carbonyl (C=O) groups is 3. The molecule has 0 atom stereocenters. The van der Waals surface area contributed by atoms with Crippen molar-refractivity contribution < 1.29 is 14.4 Å². The van der Waals surface area contributed by atoms with Crippen LogP contribution in [-0.4, -0.2) is 65.2 Å². The molecular weight excluding hydrogens is 356 g/mol. The van der Waals surface area contributed by atoms with Gasteiger partial charge in [-0.3, -0.25) is 24.3 Å². The average Bonchev–Trinajstić information content (AvgIpc) is 2.95. The monoisotopic (exact) mass is 378 g/mol. The first-order chi connectivity index (χ1) is 13.5. The van der Waals surface area contributed by atoms with E-state index < -0.39 is 11.8 Å². The van der Waals surface area contributed by atoms with Crippen LogP contribution in [0.25, 0.3) is 0 Å². The summed E-state index contributed by atoms with van der Waals surface area (Å²) in [5, 5.41) is 0. The summed E-state index contributed by atoms with van der Waals surface area (Å²) in [5.41, 5.74) is 4.08. The molecule has 1 fully saturated rings. The number of rotatable bonds is 3. The molecule has 0 radical (unpaired) electrons. The largest absolute Gasteiger partial charge is 0.368 e. The van der Waals surface area contributed by atoms with Crippen LogP contribution in [0.4, 0.5) is 5.69 Å². The molecule has 4 rings (SSSR count). The lowest BCUT2D eigenvalue weighted by atomic mass is 10.1. The van der Waals surface area contributed by atoms with Crippen molar-refractivity contribution in [3.05, 3.63) is 58.9 Å². The first-order valence-corrected chi connectivity index (χ1v) is 9.37. The van der Waals surface area contributed by atoms with Gasteiger partial charge in [0.05, 0.1) is 5.56 Å². The summed E-state index contributed by atoms with van der Waals surface area (Å²) < 4.78 is 0. The van der Waals surface area contributed by atoms with Crippen molar-refractivity contribution in [2.45, 2.75) is 13.8 Å². The number of piperazine rings is 1. The minimum absolute atomic E-state index is 0.125. The van der Waals surface area contributed by atoms with Gasteiger partial charge in [0.2, 0.25) is 5.91 Å². The van der Waals surface area contributed by atoms with Gasteiger partial charge < -0.3 is 9.80 Å². The molecule has 0 spiro atoms. The summed E-state index contributed by atoms with van der Waals surface area (Å²) in [7, 11) is 0. The third-order valence-electron chi connectivity index (χ3n) is 5.57. The van der Waals surface area contributed by atoms with Crippen molar-refractivity contribution in [1.82, 2.24) is 14.8 Å². The molecule has 7 nitrogen and oxygen atoms in total. The van der Waals surface area contributed by atoms with E-state index >= 15 is 0 Å². The molecule has 0 unspecified atom stereocenters. The number of aryl methyl sites for hydroxylation is 1. The number of hydrogen-bond acceptors (Lipinski definition) is 5. The van der Waals surface area contributed by atoms with Crippen molar-refractivity contribution in [3.8, 4) is 0 Å². The van der Waals surface area contributed by atoms with Gasteiger partial charge in [-0.2, -0.15) is 0 Å². The molecule has 7 heteroatoms. The van der Waals surface area contributed by atoms with Crippen LogP contribution in [0.2, 0.25) is 0 Å². The van der Waals surface area contributed by atoms with Crippen LogP contribution >= 0.6 is 0 Å². The smallest absolute Gasteiger partial charge is 0.280 e. The first kappa shape index (κ1) is 18.2. The lowest BCUT2D eigenvalue weighted by Crippen LogP contribution is -2.52. The van der Waals surface area contributed by atoms with E-state index in [0.29, 0.717) is 13.1 Å². The van der Waals surface area contributed by atoms with E-state index in [1.807, 2.05) is 6.07 Å². The van der Waals surface area contributed by atoms with Gasteiger partial charge in [0.1, 0.15) is 12.2 Å². The van der Waals surface area contributed by atoms with E-state index in [2.05, 4.69) is 35.9 Å². The normalized spacial score (nSPS) is 16.6. The standard InChI is InChI=1S/C21H22N4O3/c1-14-5-3-7-17(15(14)2)23-9-11-24(12-10-23)18(26)13-25-20(27)16-6-4-8-22-19(16)21(25)28/h3-8H,9-13H2,1-2H3. The van der Waals surface area contributed by atoms with Crippen LogP contribution in [-0.2, 0) is 4.79 Å². The average molecular weight is 378 g/mol. The number of imide groups is 1. The highest BCUT2D eigenvalue weighted by Crippen LogP contribution is 2.24. The maximum absolute atomic E-state index is 12.7. The Hall–Kier alpha value is -3.22. The Morgan fingerprint density at radius 2 is 1.75 bits per heavy atom. The lowest BCUT2D eigenvalue weighted by Gasteiger charge is -2.37. The molecule has 3 heterocycles. The Balaban J connectivity index is 1.39. The molecule has 1 aromatic carbocycles. The highest BCUT2D eigenvalue weighted by atomic mass is 16.2. The minimum Gasteiger partial charge on any atom is -0.368 e. The Bertz CT molecular complexity index is 929. The Morgan fingerprint density at radius 3 is 2.46 bits per heavy atom. The second-order valence-electron chi connectivity index (χ2n) is 7.18. The molecule has 0 bridgehead atoms. The van der Waals surface area contributed by atoms with Gasteiger partial charge in [-0.1, -0.05) is 12.1 Å². The maximum Gasteiger partial charge on any atom is 0.280 e. The molecule has 0 aliphatic carbocycles. The topological polar surface area (TPSA) is 73.8 Å². The van der Waals surface area contributed by atoms with Gasteiger partial charge in [0.15, 0.2) is 0 Å². The number of fused-ring (bicyclic) bond motifs is 1. The van der Waals surface area contributed by atoms with Gasteiger partial charge in [0.25, 0.3) is 11.8 Å². The van der Waals surface area contributed by atoms with Crippen LogP contribution in [0.1, 0.15) is 32.0 Å². The number of anilines is 1. The Labute approximate surface area is 163 Å². The highest BCUT2D eigenvalue weighted by Gasteiger charge is 2.38. The number of hydrogen-bond donors (Lipinski definition) is 0. The molecule has 2 aliphatic heterocycles. The summed E-state index contributed by atoms with van der Waals surface area (Å²) in [6, 6.07) is 9.42. The molecule has 2 aliphatic rings. The lowest BCUT2D eigenvalue weighted by molar-refractivity contribution is -0.131. The molecule has 28 heavy (non-hydrogen) atoms. The van der Waals surface area contributed by atoms with E-state index in [0.717, 1.165) is 18.0 Å². The molecule has 1 saturated heterocycles. The van der Waals surface area contributed by atoms with E-state index in [9.17, 15) is 14.4 Å². The van der Waals surface area contributed by atoms with Crippen LogP contribution in [0.5, 0.6) is 0 Å². The van der Waals surface area contributed by atoms with Gasteiger partial charge in [-0.05, 0) is 43.2 Å². The fourth-order valence-electron chi connectivity index (χ4n) is 3.77. The van der Waals surface area contributed by atoms with Gasteiger partial charge >= 0.3 is 0 Å². The number of benzene rings is 1. The fourth-order valence-corrected chi connectivity index (χ4v) is 3.77. The van der Waals surface area contributed by atoms with E-state index in [1.165, 1.54) is 23.0 Å². The number of carbonyl (C=O) groups excluding carboxylic acids is 3. The second-order valence-corrected chi connectivity index (χ2v) is 7.18. The minimum atomic E-state index is -0.497. The fraction of sp³-hybridized carbons (Fsp3) is 0.333. The third kappa shape index (κ3) is 3.02. The van der Waals surface area contributed by atoms with Crippen molar-refractivity contribution in [3.63, 3.8) is 0 Å². The number of pyridine rings is 1. The zero-order chi connectivity index (χ0) is 19.8. The molecule has 2 aromatic rings. The molecule has 3 amide bonds. The SMILES string of the molecule is Cc1cccc(N2CCN(C(=O)CN3C(=O)c4cccnc4C3=O)CC2)c1C. The summed E-state index contributed by atoms with van der Waals surface area (Å²) in [4.78, 5) is 46.5. The van der Waals surface area contributed by atoms with E-state index in [1.54, 1.807) is 17.0 Å². The van der Waals surface area contributed by atoms with Crippen molar-refractivity contribution >= 4 is 23.4 Å². The van der Waals surface area contributed by atoms with Crippen molar-refractivity contribution in [2.24, 2.45) is 0 Å². The van der Waals surface area contributed by atoms with Gasteiger partial charge in [0, 0.05) is 38.1 Å². The molecule has 0 saturated carbocycles. The zero-order valence-electron chi connectivity index (χ0n) is 16.0.